The van der Waals surface area contributed by atoms with Crippen LogP contribution in [-0.4, -0.2) is 36.8 Å². The SMILES string of the molecule is FC(F)(F)C1CN(Cc2ccccc2)CCCN1. The van der Waals surface area contributed by atoms with E-state index >= 15 is 0 Å². The molecule has 0 bridgehead atoms. The Morgan fingerprint density at radius 2 is 1.94 bits per heavy atom. The summed E-state index contributed by atoms with van der Waals surface area (Å²) in [5, 5.41) is 2.57. The van der Waals surface area contributed by atoms with Gasteiger partial charge in [0.1, 0.15) is 6.04 Å². The van der Waals surface area contributed by atoms with Crippen LogP contribution in [0.5, 0.6) is 0 Å². The first-order valence-electron chi connectivity index (χ1n) is 6.12. The molecule has 1 atom stereocenters. The number of halogens is 3. The summed E-state index contributed by atoms with van der Waals surface area (Å²) in [7, 11) is 0. The van der Waals surface area contributed by atoms with Crippen LogP contribution in [0.1, 0.15) is 12.0 Å². The third kappa shape index (κ3) is 3.71. The summed E-state index contributed by atoms with van der Waals surface area (Å²) in [6.07, 6.45) is -3.42. The lowest BCUT2D eigenvalue weighted by Gasteiger charge is -2.25. The highest BCUT2D eigenvalue weighted by atomic mass is 19.4. The quantitative estimate of drug-likeness (QED) is 0.876. The lowest BCUT2D eigenvalue weighted by atomic mass is 10.2. The molecule has 1 aromatic rings. The summed E-state index contributed by atoms with van der Waals surface area (Å²) < 4.78 is 38.2. The van der Waals surface area contributed by atoms with Gasteiger partial charge in [-0.05, 0) is 25.1 Å². The zero-order valence-corrected chi connectivity index (χ0v) is 10.1. The second-order valence-electron chi connectivity index (χ2n) is 4.62. The van der Waals surface area contributed by atoms with Crippen molar-refractivity contribution in [1.29, 1.82) is 0 Å². The van der Waals surface area contributed by atoms with Crippen LogP contribution in [0.25, 0.3) is 0 Å². The van der Waals surface area contributed by atoms with E-state index in [0.717, 1.165) is 12.0 Å². The smallest absolute Gasteiger partial charge is 0.305 e. The van der Waals surface area contributed by atoms with E-state index < -0.39 is 12.2 Å². The van der Waals surface area contributed by atoms with Crippen LogP contribution in [-0.2, 0) is 6.54 Å². The topological polar surface area (TPSA) is 15.3 Å². The minimum Gasteiger partial charge on any atom is -0.305 e. The van der Waals surface area contributed by atoms with Gasteiger partial charge >= 0.3 is 6.18 Å². The number of hydrogen-bond donors (Lipinski definition) is 1. The van der Waals surface area contributed by atoms with Gasteiger partial charge in [-0.2, -0.15) is 13.2 Å². The van der Waals surface area contributed by atoms with Crippen molar-refractivity contribution >= 4 is 0 Å². The van der Waals surface area contributed by atoms with E-state index in [1.165, 1.54) is 0 Å². The molecule has 1 aromatic carbocycles. The maximum Gasteiger partial charge on any atom is 0.405 e. The number of nitrogens with zero attached hydrogens (tertiary/aromatic N) is 1. The third-order valence-corrected chi connectivity index (χ3v) is 3.13. The molecule has 1 aliphatic rings. The fraction of sp³-hybridized carbons (Fsp3) is 0.538. The number of rotatable bonds is 2. The molecule has 1 N–H and O–H groups in total. The Kier molecular flexibility index (Phi) is 4.24. The predicted molar refractivity (Wildman–Crippen MR) is 64.2 cm³/mol. The van der Waals surface area contributed by atoms with Crippen molar-refractivity contribution in [2.75, 3.05) is 19.6 Å². The molecule has 0 amide bonds. The second-order valence-corrected chi connectivity index (χ2v) is 4.62. The van der Waals surface area contributed by atoms with E-state index in [9.17, 15) is 13.2 Å². The van der Waals surface area contributed by atoms with Crippen LogP contribution in [0.15, 0.2) is 30.3 Å². The summed E-state index contributed by atoms with van der Waals surface area (Å²) in [6.45, 7) is 1.73. The second kappa shape index (κ2) is 5.71. The summed E-state index contributed by atoms with van der Waals surface area (Å²) in [5.74, 6) is 0. The summed E-state index contributed by atoms with van der Waals surface area (Å²) in [6, 6.07) is 8.20. The van der Waals surface area contributed by atoms with Gasteiger partial charge in [-0.15, -0.1) is 0 Å². The molecule has 1 heterocycles. The van der Waals surface area contributed by atoms with Gasteiger partial charge in [-0.3, -0.25) is 4.90 Å². The van der Waals surface area contributed by atoms with Crippen molar-refractivity contribution in [3.8, 4) is 0 Å². The molecule has 0 spiro atoms. The monoisotopic (exact) mass is 258 g/mol. The van der Waals surface area contributed by atoms with E-state index in [4.69, 9.17) is 0 Å². The van der Waals surface area contributed by atoms with Crippen LogP contribution < -0.4 is 5.32 Å². The van der Waals surface area contributed by atoms with E-state index in [1.54, 1.807) is 0 Å². The molecule has 1 saturated heterocycles. The van der Waals surface area contributed by atoms with E-state index in [0.29, 0.717) is 19.6 Å². The molecule has 0 saturated carbocycles. The molecule has 1 aliphatic heterocycles. The van der Waals surface area contributed by atoms with Gasteiger partial charge in [-0.25, -0.2) is 0 Å². The first-order valence-corrected chi connectivity index (χ1v) is 6.12. The Labute approximate surface area is 105 Å². The van der Waals surface area contributed by atoms with Gasteiger partial charge in [0.15, 0.2) is 0 Å². The Balaban J connectivity index is 1.99. The van der Waals surface area contributed by atoms with Gasteiger partial charge in [0.2, 0.25) is 0 Å². The highest BCUT2D eigenvalue weighted by Crippen LogP contribution is 2.22. The van der Waals surface area contributed by atoms with Gasteiger partial charge < -0.3 is 5.32 Å². The molecule has 18 heavy (non-hydrogen) atoms. The Bertz CT molecular complexity index is 364. The van der Waals surface area contributed by atoms with E-state index in [1.807, 2.05) is 35.2 Å². The summed E-state index contributed by atoms with van der Waals surface area (Å²) >= 11 is 0. The highest BCUT2D eigenvalue weighted by molar-refractivity contribution is 5.14. The first kappa shape index (κ1) is 13.4. The highest BCUT2D eigenvalue weighted by Gasteiger charge is 2.40. The van der Waals surface area contributed by atoms with Crippen LogP contribution in [0, 0.1) is 0 Å². The maximum absolute atomic E-state index is 12.7. The van der Waals surface area contributed by atoms with Gasteiger partial charge in [0.25, 0.3) is 0 Å². The normalized spacial score (nSPS) is 22.7. The molecular formula is C13H17F3N2. The fourth-order valence-electron chi connectivity index (χ4n) is 2.20. The van der Waals surface area contributed by atoms with Crippen LogP contribution in [0.3, 0.4) is 0 Å². The van der Waals surface area contributed by atoms with Crippen molar-refractivity contribution in [1.82, 2.24) is 10.2 Å². The molecule has 0 radical (unpaired) electrons. The molecule has 2 nitrogen and oxygen atoms in total. The summed E-state index contributed by atoms with van der Waals surface area (Å²) in [5.41, 5.74) is 1.06. The first-order chi connectivity index (χ1) is 8.55. The number of alkyl halides is 3. The standard InChI is InChI=1S/C13H17F3N2/c14-13(15,16)12-10-18(8-4-7-17-12)9-11-5-2-1-3-6-11/h1-3,5-6,12,17H,4,7-10H2. The maximum atomic E-state index is 12.7. The molecule has 2 rings (SSSR count). The van der Waals surface area contributed by atoms with Crippen molar-refractivity contribution < 1.29 is 13.2 Å². The number of hydrogen-bond acceptors (Lipinski definition) is 2. The Morgan fingerprint density at radius 3 is 2.61 bits per heavy atom. The molecule has 1 unspecified atom stereocenters. The Hall–Kier alpha value is -1.07. The fourth-order valence-corrected chi connectivity index (χ4v) is 2.20. The zero-order valence-electron chi connectivity index (χ0n) is 10.1. The van der Waals surface area contributed by atoms with E-state index in [2.05, 4.69) is 5.32 Å². The third-order valence-electron chi connectivity index (χ3n) is 3.13. The molecule has 0 aliphatic carbocycles. The molecule has 5 heteroatoms. The Morgan fingerprint density at radius 1 is 1.22 bits per heavy atom. The summed E-state index contributed by atoms with van der Waals surface area (Å²) in [4.78, 5) is 1.87. The van der Waals surface area contributed by atoms with Crippen molar-refractivity contribution in [2.45, 2.75) is 25.2 Å². The molecule has 1 fully saturated rings. The number of nitrogens with one attached hydrogen (secondary N) is 1. The van der Waals surface area contributed by atoms with Crippen LogP contribution in [0.4, 0.5) is 13.2 Å². The number of benzene rings is 1. The lowest BCUT2D eigenvalue weighted by molar-refractivity contribution is -0.158. The minimum atomic E-state index is -4.17. The molecule has 0 aromatic heterocycles. The molecular weight excluding hydrogens is 241 g/mol. The van der Waals surface area contributed by atoms with Gasteiger partial charge in [0, 0.05) is 13.1 Å². The lowest BCUT2D eigenvalue weighted by Crippen LogP contribution is -2.47. The van der Waals surface area contributed by atoms with Crippen molar-refractivity contribution in [3.63, 3.8) is 0 Å². The minimum absolute atomic E-state index is 0.0262. The zero-order chi connectivity index (χ0) is 13.0. The average Bonchev–Trinajstić information content (AvgIpc) is 2.55. The van der Waals surface area contributed by atoms with Crippen molar-refractivity contribution in [2.24, 2.45) is 0 Å². The van der Waals surface area contributed by atoms with Gasteiger partial charge in [-0.1, -0.05) is 30.3 Å². The van der Waals surface area contributed by atoms with Gasteiger partial charge in [0.05, 0.1) is 0 Å². The van der Waals surface area contributed by atoms with Crippen LogP contribution in [0.2, 0.25) is 0 Å². The van der Waals surface area contributed by atoms with E-state index in [-0.39, 0.29) is 6.54 Å². The predicted octanol–water partition coefficient (Wildman–Crippen LogP) is 2.41. The van der Waals surface area contributed by atoms with Crippen molar-refractivity contribution in [3.05, 3.63) is 35.9 Å². The molecule has 100 valence electrons. The van der Waals surface area contributed by atoms with Crippen LogP contribution >= 0.6 is 0 Å². The largest absolute Gasteiger partial charge is 0.405 e. The average molecular weight is 258 g/mol.